The monoisotopic (exact) mass is 326 g/mol. The Balaban J connectivity index is 1.96. The number of nitrogens with zero attached hydrogens (tertiary/aromatic N) is 3. The van der Waals surface area contributed by atoms with Crippen molar-refractivity contribution in [1.82, 2.24) is 14.9 Å². The van der Waals surface area contributed by atoms with Gasteiger partial charge in [0.1, 0.15) is 5.82 Å². The maximum Gasteiger partial charge on any atom is 0.297 e. The summed E-state index contributed by atoms with van der Waals surface area (Å²) in [7, 11) is 2.07. The number of anilines is 1. The fourth-order valence-corrected chi connectivity index (χ4v) is 2.84. The van der Waals surface area contributed by atoms with Crippen LogP contribution in [0.25, 0.3) is 10.9 Å². The molecule has 1 aliphatic rings. The third kappa shape index (κ3) is 3.28. The minimum Gasteiger partial charge on any atom is -0.367 e. The van der Waals surface area contributed by atoms with Gasteiger partial charge in [0, 0.05) is 16.5 Å². The molecule has 1 fully saturated rings. The molecule has 2 aromatic rings. The molecule has 0 saturated carbocycles. The summed E-state index contributed by atoms with van der Waals surface area (Å²) in [6.07, 6.45) is -0.794. The van der Waals surface area contributed by atoms with E-state index in [0.29, 0.717) is 21.7 Å². The van der Waals surface area contributed by atoms with Gasteiger partial charge in [-0.05, 0) is 51.2 Å². The van der Waals surface area contributed by atoms with Crippen LogP contribution in [0.2, 0.25) is 5.02 Å². The minimum atomic E-state index is -2.70. The van der Waals surface area contributed by atoms with Gasteiger partial charge in [0.2, 0.25) is 0 Å². The van der Waals surface area contributed by atoms with Gasteiger partial charge in [0.05, 0.1) is 5.52 Å². The number of hydrogen-bond acceptors (Lipinski definition) is 4. The van der Waals surface area contributed by atoms with Crippen LogP contribution in [0, 0.1) is 0 Å². The molecule has 0 unspecified atom stereocenters. The number of rotatable bonds is 3. The normalized spacial score (nSPS) is 17.3. The topological polar surface area (TPSA) is 41.0 Å². The van der Waals surface area contributed by atoms with Crippen molar-refractivity contribution in [3.63, 3.8) is 0 Å². The molecule has 22 heavy (non-hydrogen) atoms. The standard InChI is InChI=1S/C15H17ClF2N4/c1-22-6-4-10(5-7-22)19-14-11-8-9(16)2-3-12(11)20-15(21-14)13(17)18/h2-3,8,10,13H,4-7H2,1H3,(H,19,20,21). The first-order chi connectivity index (χ1) is 10.5. The third-order valence-electron chi connectivity index (χ3n) is 3.93. The van der Waals surface area contributed by atoms with E-state index in [1.54, 1.807) is 18.2 Å². The highest BCUT2D eigenvalue weighted by Crippen LogP contribution is 2.28. The second kappa shape index (κ2) is 6.30. The first kappa shape index (κ1) is 15.4. The molecule has 0 amide bonds. The summed E-state index contributed by atoms with van der Waals surface area (Å²) in [4.78, 5) is 10.2. The smallest absolute Gasteiger partial charge is 0.297 e. The lowest BCUT2D eigenvalue weighted by molar-refractivity contribution is 0.141. The van der Waals surface area contributed by atoms with Crippen LogP contribution >= 0.6 is 11.6 Å². The molecule has 2 heterocycles. The van der Waals surface area contributed by atoms with Gasteiger partial charge < -0.3 is 10.2 Å². The molecule has 1 aromatic heterocycles. The second-order valence-corrected chi connectivity index (χ2v) is 6.05. The number of aromatic nitrogens is 2. The molecule has 3 rings (SSSR count). The predicted octanol–water partition coefficient (Wildman–Crippen LogP) is 3.73. The lowest BCUT2D eigenvalue weighted by Crippen LogP contribution is -2.37. The highest BCUT2D eigenvalue weighted by Gasteiger charge is 2.20. The molecule has 1 aliphatic heterocycles. The molecule has 1 saturated heterocycles. The molecule has 0 bridgehead atoms. The van der Waals surface area contributed by atoms with Crippen LogP contribution in [0.3, 0.4) is 0 Å². The predicted molar refractivity (Wildman–Crippen MR) is 83.6 cm³/mol. The van der Waals surface area contributed by atoms with Crippen LogP contribution < -0.4 is 5.32 Å². The number of fused-ring (bicyclic) bond motifs is 1. The Morgan fingerprint density at radius 2 is 2.00 bits per heavy atom. The average Bonchev–Trinajstić information content (AvgIpc) is 2.49. The van der Waals surface area contributed by atoms with Crippen molar-refractivity contribution < 1.29 is 8.78 Å². The van der Waals surface area contributed by atoms with E-state index in [-0.39, 0.29) is 6.04 Å². The summed E-state index contributed by atoms with van der Waals surface area (Å²) >= 11 is 6.02. The van der Waals surface area contributed by atoms with E-state index in [1.807, 2.05) is 0 Å². The lowest BCUT2D eigenvalue weighted by Gasteiger charge is -2.30. The Kier molecular flexibility index (Phi) is 4.40. The summed E-state index contributed by atoms with van der Waals surface area (Å²) in [5.74, 6) is -0.0115. The lowest BCUT2D eigenvalue weighted by atomic mass is 10.1. The first-order valence-electron chi connectivity index (χ1n) is 7.23. The quantitative estimate of drug-likeness (QED) is 0.933. The van der Waals surface area contributed by atoms with E-state index >= 15 is 0 Å². The molecule has 0 aliphatic carbocycles. The van der Waals surface area contributed by atoms with Crippen molar-refractivity contribution in [2.24, 2.45) is 0 Å². The number of benzene rings is 1. The fraction of sp³-hybridized carbons (Fsp3) is 0.467. The largest absolute Gasteiger partial charge is 0.367 e. The van der Waals surface area contributed by atoms with E-state index in [4.69, 9.17) is 11.6 Å². The van der Waals surface area contributed by atoms with Crippen LogP contribution in [0.15, 0.2) is 18.2 Å². The highest BCUT2D eigenvalue weighted by molar-refractivity contribution is 6.31. The number of halogens is 3. The molecule has 4 nitrogen and oxygen atoms in total. The van der Waals surface area contributed by atoms with Gasteiger partial charge in [-0.25, -0.2) is 18.7 Å². The molecule has 0 atom stereocenters. The van der Waals surface area contributed by atoms with Gasteiger partial charge in [-0.2, -0.15) is 0 Å². The summed E-state index contributed by atoms with van der Waals surface area (Å²) in [6, 6.07) is 5.22. The second-order valence-electron chi connectivity index (χ2n) is 5.61. The zero-order valence-electron chi connectivity index (χ0n) is 12.2. The van der Waals surface area contributed by atoms with Gasteiger partial charge in [-0.15, -0.1) is 0 Å². The van der Waals surface area contributed by atoms with Crippen LogP contribution in [0.4, 0.5) is 14.6 Å². The minimum absolute atomic E-state index is 0.221. The van der Waals surface area contributed by atoms with Crippen molar-refractivity contribution in [3.05, 3.63) is 29.0 Å². The van der Waals surface area contributed by atoms with Crippen molar-refractivity contribution >= 4 is 28.3 Å². The number of alkyl halides is 2. The Bertz CT molecular complexity index is 672. The number of nitrogens with one attached hydrogen (secondary N) is 1. The molecule has 7 heteroatoms. The molecule has 0 radical (unpaired) electrons. The zero-order valence-corrected chi connectivity index (χ0v) is 12.9. The van der Waals surface area contributed by atoms with Crippen molar-refractivity contribution in [1.29, 1.82) is 0 Å². The maximum atomic E-state index is 13.0. The van der Waals surface area contributed by atoms with Gasteiger partial charge in [-0.1, -0.05) is 11.6 Å². The Labute approximate surface area is 132 Å². The summed E-state index contributed by atoms with van der Waals surface area (Å²) in [6.45, 7) is 1.95. The van der Waals surface area contributed by atoms with Crippen LogP contribution in [-0.4, -0.2) is 41.0 Å². The Hall–Kier alpha value is -1.53. The van der Waals surface area contributed by atoms with E-state index in [0.717, 1.165) is 25.9 Å². The van der Waals surface area contributed by atoms with Gasteiger partial charge in [0.15, 0.2) is 5.82 Å². The Morgan fingerprint density at radius 1 is 1.27 bits per heavy atom. The SMILES string of the molecule is CN1CCC(Nc2nc(C(F)F)nc3ccc(Cl)cc23)CC1. The molecular formula is C15H17ClF2N4. The fourth-order valence-electron chi connectivity index (χ4n) is 2.67. The van der Waals surface area contributed by atoms with Crippen LogP contribution in [-0.2, 0) is 0 Å². The number of hydrogen-bond donors (Lipinski definition) is 1. The van der Waals surface area contributed by atoms with Crippen molar-refractivity contribution in [3.8, 4) is 0 Å². The highest BCUT2D eigenvalue weighted by atomic mass is 35.5. The van der Waals surface area contributed by atoms with Crippen LogP contribution in [0.5, 0.6) is 0 Å². The van der Waals surface area contributed by atoms with Crippen molar-refractivity contribution in [2.45, 2.75) is 25.3 Å². The maximum absolute atomic E-state index is 13.0. The molecular weight excluding hydrogens is 310 g/mol. The molecule has 0 spiro atoms. The van der Waals surface area contributed by atoms with Gasteiger partial charge >= 0.3 is 0 Å². The number of piperidine rings is 1. The van der Waals surface area contributed by atoms with Gasteiger partial charge in [-0.3, -0.25) is 0 Å². The third-order valence-corrected chi connectivity index (χ3v) is 4.16. The van der Waals surface area contributed by atoms with E-state index < -0.39 is 12.2 Å². The van der Waals surface area contributed by atoms with E-state index in [9.17, 15) is 8.78 Å². The summed E-state index contributed by atoms with van der Waals surface area (Å²) in [5, 5.41) is 4.51. The summed E-state index contributed by atoms with van der Waals surface area (Å²) < 4.78 is 26.0. The molecule has 1 aromatic carbocycles. The molecule has 118 valence electrons. The molecule has 1 N–H and O–H groups in total. The van der Waals surface area contributed by atoms with E-state index in [1.165, 1.54) is 0 Å². The van der Waals surface area contributed by atoms with Crippen LogP contribution in [0.1, 0.15) is 25.1 Å². The summed E-state index contributed by atoms with van der Waals surface area (Å²) in [5.41, 5.74) is 0.477. The van der Waals surface area contributed by atoms with Gasteiger partial charge in [0.25, 0.3) is 6.43 Å². The van der Waals surface area contributed by atoms with Crippen molar-refractivity contribution in [2.75, 3.05) is 25.5 Å². The average molecular weight is 327 g/mol. The number of likely N-dealkylation sites (tertiary alicyclic amines) is 1. The first-order valence-corrected chi connectivity index (χ1v) is 7.61. The zero-order chi connectivity index (χ0) is 15.7. The van der Waals surface area contributed by atoms with E-state index in [2.05, 4.69) is 27.2 Å². The Morgan fingerprint density at radius 3 is 2.68 bits per heavy atom.